The summed E-state index contributed by atoms with van der Waals surface area (Å²) in [5.74, 6) is -0.209. The van der Waals surface area contributed by atoms with Gasteiger partial charge in [-0.05, 0) is 31.5 Å². The molecule has 0 aliphatic heterocycles. The molecule has 0 heterocycles. The maximum Gasteiger partial charge on any atom is 0.319 e. The molecule has 94 valence electrons. The van der Waals surface area contributed by atoms with Gasteiger partial charge in [0.1, 0.15) is 5.25 Å². The molecule has 0 bridgehead atoms. The second-order valence-corrected chi connectivity index (χ2v) is 5.13. The van der Waals surface area contributed by atoms with Crippen molar-refractivity contribution in [2.24, 2.45) is 0 Å². The molecule has 0 radical (unpaired) electrons. The first-order valence-corrected chi connectivity index (χ1v) is 6.72. The third-order valence-electron chi connectivity index (χ3n) is 2.17. The number of rotatable bonds is 5. The van der Waals surface area contributed by atoms with Crippen molar-refractivity contribution >= 4 is 35.0 Å². The van der Waals surface area contributed by atoms with E-state index in [-0.39, 0.29) is 11.2 Å². The van der Waals surface area contributed by atoms with Crippen LogP contribution in [0.25, 0.3) is 0 Å². The number of hydrogen-bond donors (Lipinski definition) is 1. The van der Waals surface area contributed by atoms with Crippen molar-refractivity contribution in [3.8, 4) is 0 Å². The summed E-state index contributed by atoms with van der Waals surface area (Å²) in [7, 11) is 0. The van der Waals surface area contributed by atoms with E-state index in [1.165, 1.54) is 11.8 Å². The number of nitrogens with two attached hydrogens (primary N) is 1. The fourth-order valence-electron chi connectivity index (χ4n) is 1.30. The van der Waals surface area contributed by atoms with Crippen molar-refractivity contribution in [3.63, 3.8) is 0 Å². The molecule has 1 aromatic rings. The van der Waals surface area contributed by atoms with Crippen LogP contribution >= 0.6 is 23.4 Å². The zero-order chi connectivity index (χ0) is 12.8. The smallest absolute Gasteiger partial charge is 0.319 e. The molecule has 0 fully saturated rings. The molecule has 1 atom stereocenters. The monoisotopic (exact) mass is 273 g/mol. The Morgan fingerprint density at radius 2 is 2.24 bits per heavy atom. The van der Waals surface area contributed by atoms with Crippen molar-refractivity contribution in [1.82, 2.24) is 0 Å². The highest BCUT2D eigenvalue weighted by atomic mass is 35.5. The van der Waals surface area contributed by atoms with Gasteiger partial charge in [0.2, 0.25) is 0 Å². The molecule has 0 saturated heterocycles. The normalized spacial score (nSPS) is 12.2. The van der Waals surface area contributed by atoms with Crippen LogP contribution < -0.4 is 5.73 Å². The fraction of sp³-hybridized carbons (Fsp3) is 0.417. The first-order chi connectivity index (χ1) is 8.08. The van der Waals surface area contributed by atoms with Gasteiger partial charge in [-0.2, -0.15) is 0 Å². The number of halogens is 1. The molecule has 3 nitrogen and oxygen atoms in total. The summed E-state index contributed by atoms with van der Waals surface area (Å²) in [6.45, 7) is 4.12. The number of thioether (sulfide) groups is 1. The minimum Gasteiger partial charge on any atom is -0.465 e. The van der Waals surface area contributed by atoms with Crippen LogP contribution in [0, 0.1) is 0 Å². The van der Waals surface area contributed by atoms with Crippen LogP contribution in [-0.4, -0.2) is 17.8 Å². The third-order valence-corrected chi connectivity index (χ3v) is 3.82. The molecule has 0 saturated carbocycles. The number of nitrogen functional groups attached to an aromatic ring is 1. The second kappa shape index (κ2) is 6.77. The molecular weight excluding hydrogens is 258 g/mol. The average molecular weight is 274 g/mol. The van der Waals surface area contributed by atoms with Crippen LogP contribution in [0.15, 0.2) is 23.1 Å². The minimum absolute atomic E-state index is 0.209. The lowest BCUT2D eigenvalue weighted by Gasteiger charge is -2.14. The minimum atomic E-state index is -0.240. The Hall–Kier alpha value is -0.870. The fourth-order valence-corrected chi connectivity index (χ4v) is 2.57. The maximum atomic E-state index is 11.7. The Labute approximate surface area is 111 Å². The zero-order valence-corrected chi connectivity index (χ0v) is 11.5. The van der Waals surface area contributed by atoms with Gasteiger partial charge >= 0.3 is 5.97 Å². The topological polar surface area (TPSA) is 52.3 Å². The maximum absolute atomic E-state index is 11.7. The van der Waals surface area contributed by atoms with E-state index in [0.29, 0.717) is 23.7 Å². The molecule has 1 rings (SSSR count). The van der Waals surface area contributed by atoms with Crippen molar-refractivity contribution < 1.29 is 9.53 Å². The lowest BCUT2D eigenvalue weighted by molar-refractivity contribution is -0.142. The Kier molecular flexibility index (Phi) is 5.65. The van der Waals surface area contributed by atoms with Gasteiger partial charge in [0, 0.05) is 15.6 Å². The van der Waals surface area contributed by atoms with Gasteiger partial charge in [0.15, 0.2) is 0 Å². The van der Waals surface area contributed by atoms with Crippen molar-refractivity contribution in [1.29, 1.82) is 0 Å². The SMILES string of the molecule is CCOC(=O)C(CC)Sc1cc(Cl)ccc1N. The molecule has 5 heteroatoms. The number of carbonyl (C=O) groups excluding carboxylic acids is 1. The van der Waals surface area contributed by atoms with Crippen LogP contribution in [0.5, 0.6) is 0 Å². The quantitative estimate of drug-likeness (QED) is 0.508. The number of anilines is 1. The van der Waals surface area contributed by atoms with Gasteiger partial charge in [0.05, 0.1) is 6.61 Å². The van der Waals surface area contributed by atoms with Crippen LogP contribution in [0.3, 0.4) is 0 Å². The summed E-state index contributed by atoms with van der Waals surface area (Å²) in [5, 5.41) is 0.371. The highest BCUT2D eigenvalue weighted by molar-refractivity contribution is 8.00. The second-order valence-electron chi connectivity index (χ2n) is 3.45. The Morgan fingerprint density at radius 1 is 1.53 bits per heavy atom. The van der Waals surface area contributed by atoms with Gasteiger partial charge in [-0.15, -0.1) is 11.8 Å². The van der Waals surface area contributed by atoms with Gasteiger partial charge in [-0.25, -0.2) is 0 Å². The van der Waals surface area contributed by atoms with Crippen LogP contribution in [0.1, 0.15) is 20.3 Å². The summed E-state index contributed by atoms with van der Waals surface area (Å²) >= 11 is 7.29. The van der Waals surface area contributed by atoms with E-state index in [2.05, 4.69) is 0 Å². The lowest BCUT2D eigenvalue weighted by Crippen LogP contribution is -2.19. The average Bonchev–Trinajstić information content (AvgIpc) is 2.30. The number of ether oxygens (including phenoxy) is 1. The molecule has 0 aliphatic rings. The number of esters is 1. The predicted octanol–water partition coefficient (Wildman–Crippen LogP) is 3.36. The Bertz CT molecular complexity index is 398. The first-order valence-electron chi connectivity index (χ1n) is 5.46. The first kappa shape index (κ1) is 14.2. The summed E-state index contributed by atoms with van der Waals surface area (Å²) in [4.78, 5) is 12.5. The molecule has 0 aliphatic carbocycles. The third kappa shape index (κ3) is 4.13. The summed E-state index contributed by atoms with van der Waals surface area (Å²) in [6.07, 6.45) is 0.690. The van der Waals surface area contributed by atoms with Crippen molar-refractivity contribution in [2.75, 3.05) is 12.3 Å². The van der Waals surface area contributed by atoms with E-state index in [4.69, 9.17) is 22.1 Å². The lowest BCUT2D eigenvalue weighted by atomic mass is 10.3. The largest absolute Gasteiger partial charge is 0.465 e. The number of hydrogen-bond acceptors (Lipinski definition) is 4. The molecule has 0 amide bonds. The van der Waals surface area contributed by atoms with E-state index in [0.717, 1.165) is 4.90 Å². The standard InChI is InChI=1S/C12H16ClNO2S/c1-3-10(12(15)16-4-2)17-11-7-8(13)5-6-9(11)14/h5-7,10H,3-4,14H2,1-2H3. The van der Waals surface area contributed by atoms with Crippen LogP contribution in [-0.2, 0) is 9.53 Å². The number of carbonyl (C=O) groups is 1. The number of benzene rings is 1. The molecular formula is C12H16ClNO2S. The summed E-state index contributed by atoms with van der Waals surface area (Å²) in [5.41, 5.74) is 6.46. The van der Waals surface area contributed by atoms with Crippen LogP contribution in [0.4, 0.5) is 5.69 Å². The highest BCUT2D eigenvalue weighted by Crippen LogP contribution is 2.32. The van der Waals surface area contributed by atoms with E-state index in [9.17, 15) is 4.79 Å². The zero-order valence-electron chi connectivity index (χ0n) is 9.90. The summed E-state index contributed by atoms with van der Waals surface area (Å²) < 4.78 is 5.00. The van der Waals surface area contributed by atoms with E-state index in [1.807, 2.05) is 6.92 Å². The van der Waals surface area contributed by atoms with E-state index < -0.39 is 0 Å². The predicted molar refractivity (Wildman–Crippen MR) is 72.4 cm³/mol. The van der Waals surface area contributed by atoms with E-state index in [1.54, 1.807) is 25.1 Å². The highest BCUT2D eigenvalue weighted by Gasteiger charge is 2.20. The van der Waals surface area contributed by atoms with Gasteiger partial charge in [0.25, 0.3) is 0 Å². The molecule has 0 spiro atoms. The Balaban J connectivity index is 2.80. The van der Waals surface area contributed by atoms with Crippen LogP contribution in [0.2, 0.25) is 5.02 Å². The Morgan fingerprint density at radius 3 is 2.82 bits per heavy atom. The van der Waals surface area contributed by atoms with Gasteiger partial charge < -0.3 is 10.5 Å². The molecule has 2 N–H and O–H groups in total. The molecule has 0 aromatic heterocycles. The molecule has 1 unspecified atom stereocenters. The van der Waals surface area contributed by atoms with Gasteiger partial charge in [-0.1, -0.05) is 18.5 Å². The van der Waals surface area contributed by atoms with Crippen molar-refractivity contribution in [3.05, 3.63) is 23.2 Å². The molecule has 17 heavy (non-hydrogen) atoms. The van der Waals surface area contributed by atoms with Gasteiger partial charge in [-0.3, -0.25) is 4.79 Å². The van der Waals surface area contributed by atoms with E-state index >= 15 is 0 Å². The molecule has 1 aromatic carbocycles. The van der Waals surface area contributed by atoms with Crippen molar-refractivity contribution in [2.45, 2.75) is 30.4 Å². The summed E-state index contributed by atoms with van der Waals surface area (Å²) in [6, 6.07) is 5.23.